The third kappa shape index (κ3) is 3.50. The predicted molar refractivity (Wildman–Crippen MR) is 28.2 cm³/mol. The van der Waals surface area contributed by atoms with Crippen molar-refractivity contribution in [3.8, 4) is 0 Å². The van der Waals surface area contributed by atoms with Crippen LogP contribution in [0.5, 0.6) is 0 Å². The summed E-state index contributed by atoms with van der Waals surface area (Å²) in [7, 11) is 0. The molecule has 0 aliphatic heterocycles. The highest BCUT2D eigenvalue weighted by atomic mass is 19.1. The lowest BCUT2D eigenvalue weighted by Crippen LogP contribution is -2.00. The van der Waals surface area contributed by atoms with Crippen molar-refractivity contribution in [2.45, 2.75) is 19.5 Å². The Balaban J connectivity index is 3.23. The van der Waals surface area contributed by atoms with Gasteiger partial charge in [0.2, 0.25) is 6.08 Å². The first-order chi connectivity index (χ1) is 3.81. The molecule has 1 unspecified atom stereocenters. The van der Waals surface area contributed by atoms with Gasteiger partial charge < -0.3 is 0 Å². The number of carbonyl (C=O) groups excluding carboxylic acids is 1. The topological polar surface area (TPSA) is 29.4 Å². The van der Waals surface area contributed by atoms with Crippen LogP contribution in [0.2, 0.25) is 0 Å². The predicted octanol–water partition coefficient (Wildman–Crippen LogP) is 1.07. The lowest BCUT2D eigenvalue weighted by molar-refractivity contribution is 0.333. The molecule has 8 heavy (non-hydrogen) atoms. The van der Waals surface area contributed by atoms with E-state index in [0.29, 0.717) is 6.42 Å². The molecule has 0 radical (unpaired) electrons. The molecule has 0 rings (SSSR count). The first-order valence-electron chi connectivity index (χ1n) is 2.49. The average Bonchev–Trinajstić information content (AvgIpc) is 1.83. The van der Waals surface area contributed by atoms with Gasteiger partial charge in [-0.25, -0.2) is 14.2 Å². The van der Waals surface area contributed by atoms with Crippen LogP contribution in [0.3, 0.4) is 0 Å². The number of hydrogen-bond acceptors (Lipinski definition) is 2. The van der Waals surface area contributed by atoms with Gasteiger partial charge in [-0.2, -0.15) is 0 Å². The van der Waals surface area contributed by atoms with E-state index >= 15 is 0 Å². The number of aliphatic imine (C=N–C) groups is 1. The number of nitrogens with zero attached hydrogens (tertiary/aromatic N) is 1. The molecule has 0 saturated heterocycles. The van der Waals surface area contributed by atoms with Crippen molar-refractivity contribution >= 4 is 6.08 Å². The van der Waals surface area contributed by atoms with E-state index in [2.05, 4.69) is 4.99 Å². The van der Waals surface area contributed by atoms with Crippen LogP contribution in [-0.2, 0) is 4.79 Å². The molecule has 0 fully saturated rings. The Hall–Kier alpha value is -0.690. The Morgan fingerprint density at radius 1 is 1.88 bits per heavy atom. The molecule has 0 amide bonds. The zero-order chi connectivity index (χ0) is 6.41. The molecule has 0 heterocycles. The van der Waals surface area contributed by atoms with Gasteiger partial charge in [0.15, 0.2) is 0 Å². The molecular weight excluding hydrogens is 109 g/mol. The summed E-state index contributed by atoms with van der Waals surface area (Å²) in [4.78, 5) is 12.4. The lowest BCUT2D eigenvalue weighted by Gasteiger charge is -1.94. The van der Waals surface area contributed by atoms with Crippen LogP contribution < -0.4 is 0 Å². The van der Waals surface area contributed by atoms with Gasteiger partial charge >= 0.3 is 0 Å². The van der Waals surface area contributed by atoms with Crippen LogP contribution in [-0.4, -0.2) is 18.8 Å². The molecule has 2 nitrogen and oxygen atoms in total. The van der Waals surface area contributed by atoms with Crippen LogP contribution in [0, 0.1) is 0 Å². The normalized spacial score (nSPS) is 12.2. The molecule has 3 heteroatoms. The number of isocyanates is 1. The van der Waals surface area contributed by atoms with Crippen molar-refractivity contribution in [3.05, 3.63) is 0 Å². The number of hydrogen-bond donors (Lipinski definition) is 0. The number of halogens is 1. The highest BCUT2D eigenvalue weighted by Crippen LogP contribution is 1.94. The third-order valence-corrected chi connectivity index (χ3v) is 0.797. The van der Waals surface area contributed by atoms with E-state index < -0.39 is 6.17 Å². The van der Waals surface area contributed by atoms with Crippen molar-refractivity contribution in [3.63, 3.8) is 0 Å². The monoisotopic (exact) mass is 117 g/mol. The molecule has 0 N–H and O–H groups in total. The second-order valence-electron chi connectivity index (χ2n) is 1.44. The Morgan fingerprint density at radius 3 is 2.88 bits per heavy atom. The summed E-state index contributed by atoms with van der Waals surface area (Å²) >= 11 is 0. The Kier molecular flexibility index (Phi) is 4.08. The zero-order valence-corrected chi connectivity index (χ0v) is 4.72. The second-order valence-corrected chi connectivity index (χ2v) is 1.44. The molecule has 0 aromatic heterocycles. The third-order valence-electron chi connectivity index (χ3n) is 0.797. The van der Waals surface area contributed by atoms with Gasteiger partial charge in [-0.15, -0.1) is 0 Å². The van der Waals surface area contributed by atoms with Gasteiger partial charge in [0.25, 0.3) is 0 Å². The quantitative estimate of drug-likeness (QED) is 0.401. The van der Waals surface area contributed by atoms with Gasteiger partial charge in [-0.3, -0.25) is 0 Å². The van der Waals surface area contributed by atoms with Gasteiger partial charge in [0, 0.05) is 0 Å². The molecule has 0 saturated carbocycles. The number of alkyl halides is 1. The van der Waals surface area contributed by atoms with Crippen LogP contribution in [0.25, 0.3) is 0 Å². The van der Waals surface area contributed by atoms with Gasteiger partial charge in [0.05, 0.1) is 6.54 Å². The fraction of sp³-hybridized carbons (Fsp3) is 0.800. The summed E-state index contributed by atoms with van der Waals surface area (Å²) in [5.41, 5.74) is 0. The van der Waals surface area contributed by atoms with Gasteiger partial charge in [0.1, 0.15) is 6.17 Å². The second kappa shape index (κ2) is 4.47. The Labute approximate surface area is 47.4 Å². The molecular formula is C5H8FNO. The van der Waals surface area contributed by atoms with Crippen molar-refractivity contribution in [1.29, 1.82) is 0 Å². The minimum absolute atomic E-state index is 0.0417. The maximum Gasteiger partial charge on any atom is 0.235 e. The summed E-state index contributed by atoms with van der Waals surface area (Å²) in [6.07, 6.45) is 0.700. The lowest BCUT2D eigenvalue weighted by atomic mass is 10.3. The van der Waals surface area contributed by atoms with E-state index in [0.717, 1.165) is 0 Å². The van der Waals surface area contributed by atoms with E-state index in [1.807, 2.05) is 0 Å². The SMILES string of the molecule is CCC(F)CN=C=O. The highest BCUT2D eigenvalue weighted by molar-refractivity contribution is 5.32. The molecule has 0 spiro atoms. The van der Waals surface area contributed by atoms with Crippen LogP contribution >= 0.6 is 0 Å². The molecule has 0 bridgehead atoms. The van der Waals surface area contributed by atoms with E-state index in [-0.39, 0.29) is 6.54 Å². The molecule has 0 aliphatic carbocycles. The minimum Gasteiger partial charge on any atom is -0.245 e. The van der Waals surface area contributed by atoms with E-state index in [9.17, 15) is 9.18 Å². The summed E-state index contributed by atoms with van der Waals surface area (Å²) < 4.78 is 12.0. The van der Waals surface area contributed by atoms with Crippen LogP contribution in [0.1, 0.15) is 13.3 Å². The fourth-order valence-electron chi connectivity index (χ4n) is 0.265. The van der Waals surface area contributed by atoms with Crippen LogP contribution in [0.4, 0.5) is 4.39 Å². The summed E-state index contributed by atoms with van der Waals surface area (Å²) in [5, 5.41) is 0. The highest BCUT2D eigenvalue weighted by Gasteiger charge is 1.98. The smallest absolute Gasteiger partial charge is 0.235 e. The Bertz CT molecular complexity index is 98.6. The van der Waals surface area contributed by atoms with Gasteiger partial charge in [-0.05, 0) is 6.42 Å². The van der Waals surface area contributed by atoms with Crippen molar-refractivity contribution < 1.29 is 9.18 Å². The molecule has 0 aromatic rings. The van der Waals surface area contributed by atoms with E-state index in [1.165, 1.54) is 6.08 Å². The molecule has 0 aliphatic rings. The molecule has 46 valence electrons. The van der Waals surface area contributed by atoms with Gasteiger partial charge in [-0.1, -0.05) is 6.92 Å². The Morgan fingerprint density at radius 2 is 2.50 bits per heavy atom. The fourth-order valence-corrected chi connectivity index (χ4v) is 0.265. The van der Waals surface area contributed by atoms with E-state index in [1.54, 1.807) is 6.92 Å². The first kappa shape index (κ1) is 7.31. The summed E-state index contributed by atoms with van der Waals surface area (Å²) in [5.74, 6) is 0. The zero-order valence-electron chi connectivity index (χ0n) is 4.72. The average molecular weight is 117 g/mol. The van der Waals surface area contributed by atoms with Crippen LogP contribution in [0.15, 0.2) is 4.99 Å². The molecule has 1 atom stereocenters. The maximum atomic E-state index is 12.0. The minimum atomic E-state index is -0.976. The number of rotatable bonds is 3. The first-order valence-corrected chi connectivity index (χ1v) is 2.49. The largest absolute Gasteiger partial charge is 0.245 e. The maximum absolute atomic E-state index is 12.0. The summed E-state index contributed by atoms with van der Waals surface area (Å²) in [6.45, 7) is 1.66. The van der Waals surface area contributed by atoms with Crippen molar-refractivity contribution in [2.75, 3.05) is 6.54 Å². The summed E-state index contributed by atoms with van der Waals surface area (Å²) in [6, 6.07) is 0. The van der Waals surface area contributed by atoms with Crippen molar-refractivity contribution in [2.24, 2.45) is 4.99 Å². The van der Waals surface area contributed by atoms with E-state index in [4.69, 9.17) is 0 Å². The standard InChI is InChI=1S/C5H8FNO/c1-2-5(6)3-7-4-8/h5H,2-3H2,1H3. The van der Waals surface area contributed by atoms with Crippen molar-refractivity contribution in [1.82, 2.24) is 0 Å². The molecule has 0 aromatic carbocycles.